The first-order valence-electron chi connectivity index (χ1n) is 15.5. The van der Waals surface area contributed by atoms with Crippen LogP contribution in [-0.4, -0.2) is 30.4 Å². The van der Waals surface area contributed by atoms with E-state index in [4.69, 9.17) is 9.47 Å². The van der Waals surface area contributed by atoms with Gasteiger partial charge in [-0.15, -0.1) is 6.58 Å². The van der Waals surface area contributed by atoms with Crippen LogP contribution in [0, 0.1) is 45.8 Å². The minimum absolute atomic E-state index is 0.0341. The number of esters is 2. The van der Waals surface area contributed by atoms with Gasteiger partial charge in [0.15, 0.2) is 5.78 Å². The van der Waals surface area contributed by atoms with E-state index in [9.17, 15) is 14.4 Å². The van der Waals surface area contributed by atoms with Crippen molar-refractivity contribution in [2.24, 2.45) is 45.8 Å². The lowest BCUT2D eigenvalue weighted by molar-refractivity contribution is -0.161. The van der Waals surface area contributed by atoms with Crippen molar-refractivity contribution in [1.29, 1.82) is 0 Å². The molecule has 0 saturated heterocycles. The second-order valence-electron chi connectivity index (χ2n) is 14.3. The molecular formula is C34H52O5. The highest BCUT2D eigenvalue weighted by molar-refractivity contribution is 6.00. The van der Waals surface area contributed by atoms with Crippen molar-refractivity contribution in [3.63, 3.8) is 0 Å². The summed E-state index contributed by atoms with van der Waals surface area (Å²) in [6.45, 7) is 19.0. The molecular weight excluding hydrogens is 488 g/mol. The van der Waals surface area contributed by atoms with E-state index in [0.29, 0.717) is 30.8 Å². The van der Waals surface area contributed by atoms with Gasteiger partial charge in [-0.25, -0.2) is 0 Å². The molecule has 0 amide bonds. The van der Waals surface area contributed by atoms with E-state index in [1.165, 1.54) is 38.7 Å². The average Bonchev–Trinajstić information content (AvgIpc) is 3.16. The first kappa shape index (κ1) is 30.1. The van der Waals surface area contributed by atoms with Crippen LogP contribution in [0.15, 0.2) is 23.8 Å². The molecule has 0 radical (unpaired) electrons. The van der Waals surface area contributed by atoms with Crippen LogP contribution in [0.4, 0.5) is 0 Å². The van der Waals surface area contributed by atoms with Crippen LogP contribution in [-0.2, 0) is 23.9 Å². The van der Waals surface area contributed by atoms with E-state index >= 15 is 0 Å². The third kappa shape index (κ3) is 5.40. The Hall–Kier alpha value is -1.91. The fourth-order valence-electron chi connectivity index (χ4n) is 9.51. The molecule has 0 aromatic carbocycles. The average molecular weight is 541 g/mol. The number of rotatable bonds is 8. The molecule has 0 heterocycles. The van der Waals surface area contributed by atoms with E-state index in [0.717, 1.165) is 44.1 Å². The van der Waals surface area contributed by atoms with Crippen molar-refractivity contribution in [3.8, 4) is 0 Å². The molecule has 5 heteroatoms. The van der Waals surface area contributed by atoms with Crippen molar-refractivity contribution in [3.05, 3.63) is 23.8 Å². The highest BCUT2D eigenvalue weighted by atomic mass is 16.5. The van der Waals surface area contributed by atoms with Gasteiger partial charge in [0, 0.05) is 25.7 Å². The van der Waals surface area contributed by atoms with Gasteiger partial charge in [-0.2, -0.15) is 0 Å². The molecule has 39 heavy (non-hydrogen) atoms. The smallest absolute Gasteiger partial charge is 0.302 e. The number of allylic oxidation sites excluding steroid dienone is 2. The summed E-state index contributed by atoms with van der Waals surface area (Å²) in [5.41, 5.74) is 2.05. The number of carbonyl (C=O) groups is 3. The predicted molar refractivity (Wildman–Crippen MR) is 154 cm³/mol. The number of fused-ring (bicyclic) bond motifs is 2. The zero-order valence-electron chi connectivity index (χ0n) is 25.6. The summed E-state index contributed by atoms with van der Waals surface area (Å²) in [4.78, 5) is 37.1. The van der Waals surface area contributed by atoms with E-state index in [1.807, 2.05) is 0 Å². The molecule has 3 saturated carbocycles. The van der Waals surface area contributed by atoms with Crippen LogP contribution in [0.1, 0.15) is 113 Å². The summed E-state index contributed by atoms with van der Waals surface area (Å²) in [5, 5.41) is 0. The summed E-state index contributed by atoms with van der Waals surface area (Å²) in [6.07, 6.45) is 12.3. The summed E-state index contributed by atoms with van der Waals surface area (Å²) >= 11 is 0. The third-order valence-electron chi connectivity index (χ3n) is 11.7. The SMILES string of the molecule is C=C[C@]1(C)CC[C@@]2(COC(C)=O)CC(=O)C(C(C)C)=C2C1CCC1CCCC2[C@@H](C)[C@@H](OC(C)=O)CC[C@]12C. The minimum atomic E-state index is -0.370. The van der Waals surface area contributed by atoms with Crippen LogP contribution >= 0.6 is 0 Å². The number of ether oxygens (including phenoxy) is 2. The highest BCUT2D eigenvalue weighted by Gasteiger charge is 2.57. The Morgan fingerprint density at radius 1 is 1.05 bits per heavy atom. The zero-order chi connectivity index (χ0) is 28.8. The first-order chi connectivity index (χ1) is 18.3. The molecule has 0 aromatic rings. The molecule has 0 aromatic heterocycles. The molecule has 3 unspecified atom stereocenters. The molecule has 4 aliphatic rings. The third-order valence-corrected chi connectivity index (χ3v) is 11.7. The predicted octanol–water partition coefficient (Wildman–Crippen LogP) is 7.63. The van der Waals surface area contributed by atoms with Gasteiger partial charge in [0.2, 0.25) is 0 Å². The van der Waals surface area contributed by atoms with Gasteiger partial charge in [0.05, 0.1) is 0 Å². The van der Waals surface area contributed by atoms with E-state index in [2.05, 4.69) is 47.3 Å². The van der Waals surface area contributed by atoms with Crippen molar-refractivity contribution in [1.82, 2.24) is 0 Å². The molecule has 0 bridgehead atoms. The molecule has 4 rings (SSSR count). The highest BCUT2D eigenvalue weighted by Crippen LogP contribution is 2.63. The molecule has 5 nitrogen and oxygen atoms in total. The maximum Gasteiger partial charge on any atom is 0.302 e. The number of Topliss-reactive ketones (excluding diaryl/α,β-unsaturated/α-hetero) is 1. The van der Waals surface area contributed by atoms with Crippen molar-refractivity contribution < 1.29 is 23.9 Å². The number of hydrogen-bond acceptors (Lipinski definition) is 5. The number of ketones is 1. The van der Waals surface area contributed by atoms with Gasteiger partial charge < -0.3 is 9.47 Å². The lowest BCUT2D eigenvalue weighted by Crippen LogP contribution is -2.50. The zero-order valence-corrected chi connectivity index (χ0v) is 25.6. The Kier molecular flexibility index (Phi) is 8.60. The fraction of sp³-hybridized carbons (Fsp3) is 0.794. The van der Waals surface area contributed by atoms with Crippen molar-refractivity contribution in [2.45, 2.75) is 119 Å². The summed E-state index contributed by atoms with van der Waals surface area (Å²) in [7, 11) is 0. The monoisotopic (exact) mass is 540 g/mol. The summed E-state index contributed by atoms with van der Waals surface area (Å²) < 4.78 is 11.4. The lowest BCUT2D eigenvalue weighted by Gasteiger charge is -2.56. The molecule has 0 spiro atoms. The topological polar surface area (TPSA) is 69.7 Å². The quantitative estimate of drug-likeness (QED) is 0.234. The molecule has 0 N–H and O–H groups in total. The summed E-state index contributed by atoms with van der Waals surface area (Å²) in [6, 6.07) is 0. The molecule has 3 fully saturated rings. The van der Waals surface area contributed by atoms with E-state index in [-0.39, 0.29) is 51.9 Å². The van der Waals surface area contributed by atoms with Crippen LogP contribution < -0.4 is 0 Å². The Balaban J connectivity index is 1.64. The largest absolute Gasteiger partial charge is 0.465 e. The van der Waals surface area contributed by atoms with Crippen LogP contribution in [0.25, 0.3) is 0 Å². The molecule has 218 valence electrons. The van der Waals surface area contributed by atoms with Crippen LogP contribution in [0.2, 0.25) is 0 Å². The molecule has 4 aliphatic carbocycles. The van der Waals surface area contributed by atoms with Gasteiger partial charge in [-0.05, 0) is 103 Å². The number of hydrogen-bond donors (Lipinski definition) is 0. The first-order valence-corrected chi connectivity index (χ1v) is 15.5. The fourth-order valence-corrected chi connectivity index (χ4v) is 9.51. The second kappa shape index (κ2) is 11.2. The van der Waals surface area contributed by atoms with E-state index in [1.54, 1.807) is 0 Å². The maximum atomic E-state index is 13.5. The van der Waals surface area contributed by atoms with Gasteiger partial charge in [0.1, 0.15) is 12.7 Å². The van der Waals surface area contributed by atoms with Gasteiger partial charge in [-0.1, -0.05) is 47.1 Å². The summed E-state index contributed by atoms with van der Waals surface area (Å²) in [5.74, 6) is 1.72. The van der Waals surface area contributed by atoms with E-state index < -0.39 is 0 Å². The normalized spacial score (nSPS) is 40.2. The van der Waals surface area contributed by atoms with Gasteiger partial charge in [0.25, 0.3) is 0 Å². The lowest BCUT2D eigenvalue weighted by atomic mass is 9.50. The number of carbonyl (C=O) groups excluding carboxylic acids is 3. The standard InChI is InChI=1S/C34H52O5/c1-9-32(7)17-18-34(20-38-23(5)35)19-28(37)30(21(2)3)31(34)27(32)14-13-25-11-10-12-26-22(4)29(39-24(6)36)15-16-33(25,26)8/h9,21-22,25-27,29H,1,10-20H2,2-8H3/t22-,25?,26?,27?,29+,32-,33-,34+/m1/s1. The van der Waals surface area contributed by atoms with Gasteiger partial charge >= 0.3 is 11.9 Å². The Morgan fingerprint density at radius 2 is 1.77 bits per heavy atom. The maximum absolute atomic E-state index is 13.5. The Morgan fingerprint density at radius 3 is 2.38 bits per heavy atom. The molecule has 8 atom stereocenters. The molecule has 0 aliphatic heterocycles. The van der Waals surface area contributed by atoms with Crippen molar-refractivity contribution in [2.75, 3.05) is 6.61 Å². The minimum Gasteiger partial charge on any atom is -0.465 e. The van der Waals surface area contributed by atoms with Crippen LogP contribution in [0.3, 0.4) is 0 Å². The Bertz CT molecular complexity index is 1020. The Labute approximate surface area is 236 Å². The second-order valence-corrected chi connectivity index (χ2v) is 14.3. The van der Waals surface area contributed by atoms with Crippen molar-refractivity contribution >= 4 is 17.7 Å². The van der Waals surface area contributed by atoms with Crippen LogP contribution in [0.5, 0.6) is 0 Å². The van der Waals surface area contributed by atoms with Gasteiger partial charge in [-0.3, -0.25) is 14.4 Å².